The van der Waals surface area contributed by atoms with Gasteiger partial charge >= 0.3 is 0 Å². The van der Waals surface area contributed by atoms with Gasteiger partial charge in [0.2, 0.25) is 0 Å². The zero-order chi connectivity index (χ0) is 15.5. The highest BCUT2D eigenvalue weighted by Crippen LogP contribution is 2.34. The van der Waals surface area contributed by atoms with Crippen LogP contribution in [0.25, 0.3) is 0 Å². The van der Waals surface area contributed by atoms with E-state index in [4.69, 9.17) is 0 Å². The van der Waals surface area contributed by atoms with Crippen molar-refractivity contribution in [2.75, 3.05) is 25.5 Å². The maximum atomic E-state index is 12.7. The second-order valence-electron chi connectivity index (χ2n) is 6.94. The molecular formula is C17H27N3O. The van der Waals surface area contributed by atoms with Gasteiger partial charge in [-0.2, -0.15) is 0 Å². The normalized spacial score (nSPS) is 20.0. The molecule has 21 heavy (non-hydrogen) atoms. The van der Waals surface area contributed by atoms with Gasteiger partial charge < -0.3 is 10.2 Å². The smallest absolute Gasteiger partial charge is 0.257 e. The summed E-state index contributed by atoms with van der Waals surface area (Å²) < 4.78 is 0. The molecule has 1 unspecified atom stereocenters. The number of carbonyl (C=O) groups is 1. The number of aromatic nitrogens is 1. The molecular weight excluding hydrogens is 262 g/mol. The molecule has 1 aliphatic heterocycles. The molecule has 2 heterocycles. The lowest BCUT2D eigenvalue weighted by atomic mass is 9.77. The number of nitrogens with zero attached hydrogens (tertiary/aromatic N) is 2. The number of anilines is 1. The van der Waals surface area contributed by atoms with Crippen LogP contribution >= 0.6 is 0 Å². The van der Waals surface area contributed by atoms with E-state index < -0.39 is 0 Å². The molecule has 0 spiro atoms. The molecule has 2 rings (SSSR count). The van der Waals surface area contributed by atoms with Crippen LogP contribution in [0.5, 0.6) is 0 Å². The molecule has 1 aliphatic rings. The Kier molecular flexibility index (Phi) is 4.86. The first kappa shape index (κ1) is 15.8. The van der Waals surface area contributed by atoms with Crippen LogP contribution in [0.1, 0.15) is 50.4 Å². The van der Waals surface area contributed by atoms with Crippen molar-refractivity contribution in [1.29, 1.82) is 0 Å². The number of nitrogens with one attached hydrogen (secondary N) is 1. The largest absolute Gasteiger partial charge is 0.372 e. The number of pyridine rings is 1. The van der Waals surface area contributed by atoms with E-state index in [1.54, 1.807) is 13.2 Å². The highest BCUT2D eigenvalue weighted by atomic mass is 16.2. The van der Waals surface area contributed by atoms with E-state index in [0.717, 1.165) is 25.9 Å². The van der Waals surface area contributed by atoms with Crippen LogP contribution in [0, 0.1) is 11.3 Å². The van der Waals surface area contributed by atoms with Crippen LogP contribution in [0.3, 0.4) is 0 Å². The van der Waals surface area contributed by atoms with Crippen molar-refractivity contribution < 1.29 is 4.79 Å². The average Bonchev–Trinajstić information content (AvgIpc) is 2.72. The first-order valence-corrected chi connectivity index (χ1v) is 7.85. The van der Waals surface area contributed by atoms with Gasteiger partial charge in [-0.05, 0) is 42.7 Å². The standard InChI is InChI=1S/C17H27N3O/c1-17(2,3)13-7-6-11-20(12-9-13)16(21)14-8-5-10-19-15(14)18-4/h5,8,10,13H,6-7,9,11-12H2,1-4H3,(H,18,19). The number of amides is 1. The van der Waals surface area contributed by atoms with Crippen molar-refractivity contribution in [3.8, 4) is 0 Å². The Morgan fingerprint density at radius 2 is 2.10 bits per heavy atom. The van der Waals surface area contributed by atoms with Gasteiger partial charge in [0.1, 0.15) is 5.82 Å². The predicted octanol–water partition coefficient (Wildman–Crippen LogP) is 3.41. The minimum absolute atomic E-state index is 0.0991. The first-order valence-electron chi connectivity index (χ1n) is 7.85. The summed E-state index contributed by atoms with van der Waals surface area (Å²) in [7, 11) is 1.80. The minimum Gasteiger partial charge on any atom is -0.372 e. The SMILES string of the molecule is CNc1ncccc1C(=O)N1CCCC(C(C)(C)C)CC1. The van der Waals surface area contributed by atoms with Crippen molar-refractivity contribution >= 4 is 11.7 Å². The number of hydrogen-bond acceptors (Lipinski definition) is 3. The quantitative estimate of drug-likeness (QED) is 0.907. The molecule has 0 aliphatic carbocycles. The Morgan fingerprint density at radius 3 is 2.76 bits per heavy atom. The van der Waals surface area contributed by atoms with E-state index in [9.17, 15) is 4.79 Å². The fraction of sp³-hybridized carbons (Fsp3) is 0.647. The highest BCUT2D eigenvalue weighted by molar-refractivity contribution is 5.98. The number of carbonyl (C=O) groups excluding carboxylic acids is 1. The summed E-state index contributed by atoms with van der Waals surface area (Å²) in [4.78, 5) is 19.0. The molecule has 4 heteroatoms. The molecule has 1 aromatic rings. The number of hydrogen-bond donors (Lipinski definition) is 1. The molecule has 1 atom stereocenters. The molecule has 1 N–H and O–H groups in total. The van der Waals surface area contributed by atoms with E-state index in [-0.39, 0.29) is 5.91 Å². The van der Waals surface area contributed by atoms with Crippen LogP contribution in [-0.4, -0.2) is 35.9 Å². The predicted molar refractivity (Wildman–Crippen MR) is 86.5 cm³/mol. The topological polar surface area (TPSA) is 45.2 Å². The van der Waals surface area contributed by atoms with Crippen LogP contribution in [-0.2, 0) is 0 Å². The molecule has 0 radical (unpaired) electrons. The van der Waals surface area contributed by atoms with E-state index in [1.807, 2.05) is 17.0 Å². The van der Waals surface area contributed by atoms with E-state index >= 15 is 0 Å². The van der Waals surface area contributed by atoms with Crippen molar-refractivity contribution in [1.82, 2.24) is 9.88 Å². The van der Waals surface area contributed by atoms with E-state index in [1.165, 1.54) is 6.42 Å². The lowest BCUT2D eigenvalue weighted by Gasteiger charge is -2.29. The monoisotopic (exact) mass is 289 g/mol. The second kappa shape index (κ2) is 6.46. The summed E-state index contributed by atoms with van der Waals surface area (Å²) in [5, 5.41) is 3.01. The van der Waals surface area contributed by atoms with Gasteiger partial charge in [-0.25, -0.2) is 4.98 Å². The molecule has 0 saturated carbocycles. The van der Waals surface area contributed by atoms with Crippen LogP contribution in [0.2, 0.25) is 0 Å². The maximum Gasteiger partial charge on any atom is 0.257 e. The van der Waals surface area contributed by atoms with Gasteiger partial charge in [0.25, 0.3) is 5.91 Å². The van der Waals surface area contributed by atoms with E-state index in [2.05, 4.69) is 31.1 Å². The van der Waals surface area contributed by atoms with Crippen molar-refractivity contribution in [2.45, 2.75) is 40.0 Å². The van der Waals surface area contributed by atoms with Gasteiger partial charge in [-0.1, -0.05) is 20.8 Å². The second-order valence-corrected chi connectivity index (χ2v) is 6.94. The molecule has 1 amide bonds. The summed E-state index contributed by atoms with van der Waals surface area (Å²) >= 11 is 0. The molecule has 1 saturated heterocycles. The van der Waals surface area contributed by atoms with Crippen molar-refractivity contribution in [3.63, 3.8) is 0 Å². The minimum atomic E-state index is 0.0991. The number of likely N-dealkylation sites (tertiary alicyclic amines) is 1. The Morgan fingerprint density at radius 1 is 1.33 bits per heavy atom. The zero-order valence-electron chi connectivity index (χ0n) is 13.6. The fourth-order valence-electron chi connectivity index (χ4n) is 3.11. The van der Waals surface area contributed by atoms with Gasteiger partial charge in [-0.3, -0.25) is 4.79 Å². The Hall–Kier alpha value is -1.58. The Bertz CT molecular complexity index is 493. The number of rotatable bonds is 2. The third kappa shape index (κ3) is 3.74. The molecule has 4 nitrogen and oxygen atoms in total. The van der Waals surface area contributed by atoms with Gasteiger partial charge in [0.15, 0.2) is 0 Å². The molecule has 116 valence electrons. The van der Waals surface area contributed by atoms with Crippen molar-refractivity contribution in [2.24, 2.45) is 11.3 Å². The third-order valence-corrected chi connectivity index (χ3v) is 4.51. The summed E-state index contributed by atoms with van der Waals surface area (Å²) in [5.41, 5.74) is 0.998. The zero-order valence-corrected chi connectivity index (χ0v) is 13.6. The maximum absolute atomic E-state index is 12.7. The van der Waals surface area contributed by atoms with E-state index in [0.29, 0.717) is 22.7 Å². The summed E-state index contributed by atoms with van der Waals surface area (Å²) in [6.45, 7) is 8.60. The Labute approximate surface area is 127 Å². The van der Waals surface area contributed by atoms with Crippen LogP contribution in [0.4, 0.5) is 5.82 Å². The molecule has 0 aromatic carbocycles. The van der Waals surface area contributed by atoms with Gasteiger partial charge in [-0.15, -0.1) is 0 Å². The highest BCUT2D eigenvalue weighted by Gasteiger charge is 2.29. The van der Waals surface area contributed by atoms with Gasteiger partial charge in [0.05, 0.1) is 5.56 Å². The first-order chi connectivity index (χ1) is 9.93. The third-order valence-electron chi connectivity index (χ3n) is 4.51. The Balaban J connectivity index is 2.10. The summed E-state index contributed by atoms with van der Waals surface area (Å²) in [6.07, 6.45) is 5.09. The van der Waals surface area contributed by atoms with Crippen molar-refractivity contribution in [3.05, 3.63) is 23.9 Å². The molecule has 0 bridgehead atoms. The van der Waals surface area contributed by atoms with Crippen LogP contribution < -0.4 is 5.32 Å². The summed E-state index contributed by atoms with van der Waals surface area (Å²) in [6, 6.07) is 3.68. The van der Waals surface area contributed by atoms with Gasteiger partial charge in [0, 0.05) is 26.3 Å². The molecule has 1 aromatic heterocycles. The lowest BCUT2D eigenvalue weighted by Crippen LogP contribution is -2.33. The van der Waals surface area contributed by atoms with Crippen LogP contribution in [0.15, 0.2) is 18.3 Å². The molecule has 1 fully saturated rings. The lowest BCUT2D eigenvalue weighted by molar-refractivity contribution is 0.0756. The summed E-state index contributed by atoms with van der Waals surface area (Å²) in [5.74, 6) is 1.45. The fourth-order valence-corrected chi connectivity index (χ4v) is 3.11. The average molecular weight is 289 g/mol.